The first-order valence-electron chi connectivity index (χ1n) is 7.20. The molecule has 1 N–H and O–H groups in total. The van der Waals surface area contributed by atoms with E-state index >= 15 is 0 Å². The molecule has 0 bridgehead atoms. The molecule has 0 radical (unpaired) electrons. The Labute approximate surface area is 145 Å². The number of ether oxygens (including phenoxy) is 1. The largest absolute Gasteiger partial charge is 0.489 e. The lowest BCUT2D eigenvalue weighted by molar-refractivity contribution is 0.302. The third-order valence-electron chi connectivity index (χ3n) is 3.58. The van der Waals surface area contributed by atoms with Crippen LogP contribution < -0.4 is 10.1 Å². The molecule has 0 aromatic heterocycles. The van der Waals surface area contributed by atoms with Gasteiger partial charge in [0.2, 0.25) is 0 Å². The summed E-state index contributed by atoms with van der Waals surface area (Å²) in [6.45, 7) is 1.16. The van der Waals surface area contributed by atoms with Crippen molar-refractivity contribution in [2.24, 2.45) is 0 Å². The van der Waals surface area contributed by atoms with Crippen molar-refractivity contribution in [3.63, 3.8) is 0 Å². The van der Waals surface area contributed by atoms with Gasteiger partial charge in [-0.1, -0.05) is 40.9 Å². The van der Waals surface area contributed by atoms with E-state index in [0.29, 0.717) is 27.7 Å². The molecule has 116 valence electrons. The highest BCUT2D eigenvalue weighted by Crippen LogP contribution is 2.27. The normalized spacial score (nSPS) is 14.1. The third kappa shape index (κ3) is 4.30. The van der Waals surface area contributed by atoms with Crippen LogP contribution in [0.15, 0.2) is 36.4 Å². The first-order chi connectivity index (χ1) is 10.6. The smallest absolute Gasteiger partial charge is 0.124 e. The van der Waals surface area contributed by atoms with Gasteiger partial charge in [0, 0.05) is 38.8 Å². The average molecular weight is 357 g/mol. The summed E-state index contributed by atoms with van der Waals surface area (Å²) in [6, 6.07) is 11.7. The molecule has 1 aliphatic rings. The Morgan fingerprint density at radius 2 is 1.68 bits per heavy atom. The summed E-state index contributed by atoms with van der Waals surface area (Å²) in [5.74, 6) is 0.823. The molecule has 5 heteroatoms. The minimum Gasteiger partial charge on any atom is -0.489 e. The first kappa shape index (κ1) is 15.9. The predicted octanol–water partition coefficient (Wildman–Crippen LogP) is 5.48. The molecule has 2 nitrogen and oxygen atoms in total. The Kier molecular flexibility index (Phi) is 5.14. The molecule has 0 amide bonds. The van der Waals surface area contributed by atoms with E-state index < -0.39 is 0 Å². The van der Waals surface area contributed by atoms with Crippen LogP contribution in [0.4, 0.5) is 0 Å². The van der Waals surface area contributed by atoms with Crippen LogP contribution in [-0.4, -0.2) is 6.04 Å². The van der Waals surface area contributed by atoms with E-state index in [2.05, 4.69) is 5.32 Å². The second kappa shape index (κ2) is 7.10. The first-order valence-corrected chi connectivity index (χ1v) is 8.34. The zero-order chi connectivity index (χ0) is 15.5. The molecular formula is C17H16Cl3NO. The second-order valence-electron chi connectivity index (χ2n) is 5.43. The molecule has 2 aromatic carbocycles. The van der Waals surface area contributed by atoms with Gasteiger partial charge in [0.05, 0.1) is 0 Å². The fourth-order valence-corrected chi connectivity index (χ4v) is 2.82. The van der Waals surface area contributed by atoms with E-state index in [4.69, 9.17) is 39.5 Å². The van der Waals surface area contributed by atoms with Crippen molar-refractivity contribution in [3.05, 3.63) is 62.6 Å². The maximum Gasteiger partial charge on any atom is 0.124 e. The fourth-order valence-electron chi connectivity index (χ4n) is 2.16. The van der Waals surface area contributed by atoms with Gasteiger partial charge in [0.1, 0.15) is 12.4 Å². The van der Waals surface area contributed by atoms with Crippen molar-refractivity contribution in [1.29, 1.82) is 0 Å². The van der Waals surface area contributed by atoms with Crippen LogP contribution in [0, 0.1) is 0 Å². The standard InChI is InChI=1S/C17H16Cl3NO/c18-13-3-6-17(12(7-13)9-21-15-4-5-15)22-10-11-1-2-14(19)8-16(11)20/h1-3,6-8,15,21H,4-5,9-10H2. The van der Waals surface area contributed by atoms with Gasteiger partial charge in [-0.2, -0.15) is 0 Å². The lowest BCUT2D eigenvalue weighted by atomic mass is 10.2. The van der Waals surface area contributed by atoms with Gasteiger partial charge in [-0.3, -0.25) is 0 Å². The topological polar surface area (TPSA) is 21.3 Å². The molecule has 0 atom stereocenters. The molecule has 0 spiro atoms. The lowest BCUT2D eigenvalue weighted by Crippen LogP contribution is -2.16. The lowest BCUT2D eigenvalue weighted by Gasteiger charge is -2.13. The van der Waals surface area contributed by atoms with Crippen molar-refractivity contribution < 1.29 is 4.74 Å². The molecule has 2 aromatic rings. The van der Waals surface area contributed by atoms with E-state index in [1.807, 2.05) is 30.3 Å². The van der Waals surface area contributed by atoms with Gasteiger partial charge in [-0.05, 0) is 43.2 Å². The Morgan fingerprint density at radius 1 is 0.955 bits per heavy atom. The van der Waals surface area contributed by atoms with Crippen LogP contribution in [0.1, 0.15) is 24.0 Å². The molecule has 1 saturated carbocycles. The fraction of sp³-hybridized carbons (Fsp3) is 0.294. The second-order valence-corrected chi connectivity index (χ2v) is 6.71. The molecule has 3 rings (SSSR count). The summed E-state index contributed by atoms with van der Waals surface area (Å²) in [5, 5.41) is 5.42. The zero-order valence-corrected chi connectivity index (χ0v) is 14.2. The van der Waals surface area contributed by atoms with Crippen LogP contribution in [0.5, 0.6) is 5.75 Å². The van der Waals surface area contributed by atoms with Crippen molar-refractivity contribution in [1.82, 2.24) is 5.32 Å². The van der Waals surface area contributed by atoms with Crippen molar-refractivity contribution in [3.8, 4) is 5.75 Å². The summed E-state index contributed by atoms with van der Waals surface area (Å²) in [5.41, 5.74) is 1.96. The van der Waals surface area contributed by atoms with Gasteiger partial charge < -0.3 is 10.1 Å². The third-order valence-corrected chi connectivity index (χ3v) is 4.40. The highest BCUT2D eigenvalue weighted by Gasteiger charge is 2.20. The SMILES string of the molecule is Clc1ccc(COc2ccc(Cl)cc2CNC2CC2)c(Cl)c1. The van der Waals surface area contributed by atoms with Gasteiger partial charge in [0.25, 0.3) is 0 Å². The highest BCUT2D eigenvalue weighted by molar-refractivity contribution is 6.35. The van der Waals surface area contributed by atoms with Crippen molar-refractivity contribution >= 4 is 34.8 Å². The van der Waals surface area contributed by atoms with Gasteiger partial charge in [0.15, 0.2) is 0 Å². The Hall–Kier alpha value is -0.930. The van der Waals surface area contributed by atoms with Gasteiger partial charge in [-0.25, -0.2) is 0 Å². The Morgan fingerprint density at radius 3 is 2.41 bits per heavy atom. The number of hydrogen-bond donors (Lipinski definition) is 1. The number of halogens is 3. The monoisotopic (exact) mass is 355 g/mol. The van der Waals surface area contributed by atoms with E-state index in [1.54, 1.807) is 6.07 Å². The number of nitrogens with one attached hydrogen (secondary N) is 1. The summed E-state index contributed by atoms with van der Waals surface area (Å²) in [4.78, 5) is 0. The molecule has 0 saturated heterocycles. The van der Waals surface area contributed by atoms with Crippen LogP contribution in [0.3, 0.4) is 0 Å². The number of hydrogen-bond acceptors (Lipinski definition) is 2. The molecule has 1 fully saturated rings. The molecule has 1 aliphatic carbocycles. The van der Waals surface area contributed by atoms with E-state index in [0.717, 1.165) is 23.4 Å². The van der Waals surface area contributed by atoms with E-state index in [-0.39, 0.29) is 0 Å². The number of rotatable bonds is 6. The Balaban J connectivity index is 1.70. The number of benzene rings is 2. The van der Waals surface area contributed by atoms with Gasteiger partial charge in [-0.15, -0.1) is 0 Å². The molecule has 22 heavy (non-hydrogen) atoms. The van der Waals surface area contributed by atoms with Crippen LogP contribution in [0.25, 0.3) is 0 Å². The van der Waals surface area contributed by atoms with Crippen LogP contribution in [-0.2, 0) is 13.2 Å². The molecule has 0 aliphatic heterocycles. The minimum atomic E-state index is 0.397. The van der Waals surface area contributed by atoms with E-state index in [1.165, 1.54) is 12.8 Å². The highest BCUT2D eigenvalue weighted by atomic mass is 35.5. The molecule has 0 unspecified atom stereocenters. The van der Waals surface area contributed by atoms with Gasteiger partial charge >= 0.3 is 0 Å². The quantitative estimate of drug-likeness (QED) is 0.740. The summed E-state index contributed by atoms with van der Waals surface area (Å²) in [7, 11) is 0. The van der Waals surface area contributed by atoms with E-state index in [9.17, 15) is 0 Å². The Bertz CT molecular complexity index is 671. The minimum absolute atomic E-state index is 0.397. The molecular weight excluding hydrogens is 341 g/mol. The predicted molar refractivity (Wildman–Crippen MR) is 92.1 cm³/mol. The van der Waals surface area contributed by atoms with Crippen molar-refractivity contribution in [2.75, 3.05) is 0 Å². The van der Waals surface area contributed by atoms with Crippen molar-refractivity contribution in [2.45, 2.75) is 32.0 Å². The zero-order valence-electron chi connectivity index (χ0n) is 11.9. The summed E-state index contributed by atoms with van der Waals surface area (Å²) < 4.78 is 5.93. The summed E-state index contributed by atoms with van der Waals surface area (Å²) >= 11 is 18.2. The maximum atomic E-state index is 6.17. The summed E-state index contributed by atoms with van der Waals surface area (Å²) in [6.07, 6.45) is 2.49. The van der Waals surface area contributed by atoms with Crippen LogP contribution >= 0.6 is 34.8 Å². The molecule has 0 heterocycles. The van der Waals surface area contributed by atoms with Crippen LogP contribution in [0.2, 0.25) is 15.1 Å². The maximum absolute atomic E-state index is 6.17. The average Bonchev–Trinajstić information content (AvgIpc) is 3.30.